The first-order chi connectivity index (χ1) is 14.2. The van der Waals surface area contributed by atoms with Gasteiger partial charge in [0.15, 0.2) is 5.96 Å². The molecular weight excluding hydrogens is 496 g/mol. The van der Waals surface area contributed by atoms with Crippen molar-refractivity contribution in [2.24, 2.45) is 4.99 Å². The van der Waals surface area contributed by atoms with E-state index in [1.165, 1.54) is 23.3 Å². The number of halogens is 2. The number of hydrogen-bond donors (Lipinski definition) is 2. The Morgan fingerprint density at radius 3 is 2.30 bits per heavy atom. The molecule has 0 aromatic heterocycles. The van der Waals surface area contributed by atoms with Gasteiger partial charge in [-0.1, -0.05) is 36.4 Å². The number of guanidine groups is 1. The van der Waals surface area contributed by atoms with E-state index < -0.39 is 0 Å². The van der Waals surface area contributed by atoms with E-state index in [0.717, 1.165) is 50.5 Å². The van der Waals surface area contributed by atoms with Crippen LogP contribution in [0.3, 0.4) is 0 Å². The zero-order valence-corrected chi connectivity index (χ0v) is 19.7. The van der Waals surface area contributed by atoms with Gasteiger partial charge in [-0.3, -0.25) is 4.99 Å². The van der Waals surface area contributed by atoms with E-state index in [0.29, 0.717) is 19.3 Å². The highest BCUT2D eigenvalue weighted by atomic mass is 127. The Bertz CT molecular complexity index is 763. The van der Waals surface area contributed by atoms with Crippen LogP contribution in [-0.2, 0) is 29.0 Å². The van der Waals surface area contributed by atoms with Crippen molar-refractivity contribution in [1.29, 1.82) is 0 Å². The van der Waals surface area contributed by atoms with Crippen molar-refractivity contribution < 1.29 is 13.9 Å². The van der Waals surface area contributed by atoms with Crippen LogP contribution in [0.4, 0.5) is 4.39 Å². The molecule has 1 heterocycles. The van der Waals surface area contributed by atoms with Crippen LogP contribution in [-0.4, -0.2) is 38.9 Å². The molecule has 0 saturated carbocycles. The maximum absolute atomic E-state index is 13.0. The Kier molecular flexibility index (Phi) is 11.1. The quantitative estimate of drug-likeness (QED) is 0.309. The third-order valence-corrected chi connectivity index (χ3v) is 4.98. The predicted molar refractivity (Wildman–Crippen MR) is 129 cm³/mol. The Morgan fingerprint density at radius 1 is 1.00 bits per heavy atom. The van der Waals surface area contributed by atoms with Gasteiger partial charge in [-0.25, -0.2) is 4.39 Å². The highest BCUT2D eigenvalue weighted by Gasteiger charge is 2.13. The van der Waals surface area contributed by atoms with Crippen LogP contribution < -0.4 is 10.6 Å². The maximum Gasteiger partial charge on any atom is 0.191 e. The van der Waals surface area contributed by atoms with Gasteiger partial charge in [0.25, 0.3) is 0 Å². The summed E-state index contributed by atoms with van der Waals surface area (Å²) >= 11 is 0. The van der Waals surface area contributed by atoms with Crippen LogP contribution in [0.25, 0.3) is 0 Å². The van der Waals surface area contributed by atoms with Crippen molar-refractivity contribution in [3.63, 3.8) is 0 Å². The summed E-state index contributed by atoms with van der Waals surface area (Å²) in [6.45, 7) is 3.67. The maximum atomic E-state index is 13.0. The molecule has 3 rings (SSSR count). The van der Waals surface area contributed by atoms with E-state index in [-0.39, 0.29) is 29.8 Å². The molecule has 1 aliphatic rings. The summed E-state index contributed by atoms with van der Waals surface area (Å²) in [5.74, 6) is 0.541. The van der Waals surface area contributed by atoms with Crippen molar-refractivity contribution in [3.05, 3.63) is 71.0 Å². The molecule has 1 fully saturated rings. The fourth-order valence-electron chi connectivity index (χ4n) is 3.19. The van der Waals surface area contributed by atoms with Gasteiger partial charge in [0, 0.05) is 33.4 Å². The lowest BCUT2D eigenvalue weighted by molar-refractivity contribution is -0.0390. The van der Waals surface area contributed by atoms with Crippen LogP contribution in [0, 0.1) is 5.82 Å². The molecule has 0 radical (unpaired) electrons. The van der Waals surface area contributed by atoms with Gasteiger partial charge in [-0.15, -0.1) is 24.0 Å². The Morgan fingerprint density at radius 2 is 1.63 bits per heavy atom. The fourth-order valence-corrected chi connectivity index (χ4v) is 3.19. The molecular formula is C23H31FIN3O2. The molecule has 1 aliphatic heterocycles. The fraction of sp³-hybridized carbons (Fsp3) is 0.435. The Hall–Kier alpha value is -1.71. The van der Waals surface area contributed by atoms with Gasteiger partial charge in [0.05, 0.1) is 12.7 Å². The molecule has 0 aliphatic carbocycles. The van der Waals surface area contributed by atoms with E-state index in [1.54, 1.807) is 19.2 Å². The van der Waals surface area contributed by atoms with Gasteiger partial charge in [0.2, 0.25) is 0 Å². The van der Waals surface area contributed by atoms with E-state index in [4.69, 9.17) is 9.47 Å². The van der Waals surface area contributed by atoms with E-state index in [1.807, 2.05) is 0 Å². The summed E-state index contributed by atoms with van der Waals surface area (Å²) in [6.07, 6.45) is 3.09. The summed E-state index contributed by atoms with van der Waals surface area (Å²) in [5, 5.41) is 6.60. The monoisotopic (exact) mass is 527 g/mol. The number of rotatable bonds is 8. The average molecular weight is 527 g/mol. The number of nitrogens with zero attached hydrogens (tertiary/aromatic N) is 1. The molecule has 2 aromatic rings. The number of hydrogen-bond acceptors (Lipinski definition) is 3. The summed E-state index contributed by atoms with van der Waals surface area (Å²) in [7, 11) is 1.75. The minimum absolute atomic E-state index is 0. The lowest BCUT2D eigenvalue weighted by Crippen LogP contribution is -2.37. The first-order valence-electron chi connectivity index (χ1n) is 10.2. The largest absolute Gasteiger partial charge is 0.381 e. The molecule has 0 amide bonds. The number of benzene rings is 2. The standard InChI is InChI=1S/C23H30FN3O2.HI/c1-25-23(26-13-10-18-6-8-21(24)9-7-18)27-16-19-2-4-20(5-3-19)17-29-22-11-14-28-15-12-22;/h2-9,22H,10-17H2,1H3,(H2,25,26,27);1H. The molecule has 0 unspecified atom stereocenters. The second-order valence-electron chi connectivity index (χ2n) is 7.17. The molecule has 2 aromatic carbocycles. The van der Waals surface area contributed by atoms with Crippen molar-refractivity contribution >= 4 is 29.9 Å². The van der Waals surface area contributed by atoms with E-state index in [9.17, 15) is 4.39 Å². The van der Waals surface area contributed by atoms with Crippen LogP contribution in [0.5, 0.6) is 0 Å². The molecule has 1 saturated heterocycles. The molecule has 0 atom stereocenters. The molecule has 0 bridgehead atoms. The Labute approximate surface area is 195 Å². The number of aliphatic imine (C=N–C) groups is 1. The first kappa shape index (κ1) is 24.6. The zero-order valence-electron chi connectivity index (χ0n) is 17.4. The summed E-state index contributed by atoms with van der Waals surface area (Å²) in [5.41, 5.74) is 3.45. The minimum Gasteiger partial charge on any atom is -0.381 e. The molecule has 5 nitrogen and oxygen atoms in total. The third-order valence-electron chi connectivity index (χ3n) is 4.98. The summed E-state index contributed by atoms with van der Waals surface area (Å²) in [6, 6.07) is 15.0. The second-order valence-corrected chi connectivity index (χ2v) is 7.17. The van der Waals surface area contributed by atoms with Crippen LogP contribution >= 0.6 is 24.0 Å². The SMILES string of the molecule is CN=C(NCCc1ccc(F)cc1)NCc1ccc(COC2CCOCC2)cc1.I. The van der Waals surface area contributed by atoms with Gasteiger partial charge >= 0.3 is 0 Å². The van der Waals surface area contributed by atoms with Crippen molar-refractivity contribution in [2.75, 3.05) is 26.8 Å². The van der Waals surface area contributed by atoms with E-state index in [2.05, 4.69) is 39.9 Å². The van der Waals surface area contributed by atoms with Gasteiger partial charge < -0.3 is 20.1 Å². The summed E-state index contributed by atoms with van der Waals surface area (Å²) in [4.78, 5) is 4.25. The van der Waals surface area contributed by atoms with Gasteiger partial charge in [-0.2, -0.15) is 0 Å². The van der Waals surface area contributed by atoms with Crippen molar-refractivity contribution in [2.45, 2.75) is 38.5 Å². The molecule has 0 spiro atoms. The third kappa shape index (κ3) is 8.57. The topological polar surface area (TPSA) is 54.9 Å². The average Bonchev–Trinajstić information content (AvgIpc) is 2.77. The summed E-state index contributed by atoms with van der Waals surface area (Å²) < 4.78 is 24.3. The predicted octanol–water partition coefficient (Wildman–Crippen LogP) is 4.05. The first-order valence-corrected chi connectivity index (χ1v) is 10.2. The second kappa shape index (κ2) is 13.6. The van der Waals surface area contributed by atoms with Gasteiger partial charge in [0.1, 0.15) is 5.82 Å². The molecule has 7 heteroatoms. The smallest absolute Gasteiger partial charge is 0.191 e. The van der Waals surface area contributed by atoms with E-state index >= 15 is 0 Å². The highest BCUT2D eigenvalue weighted by Crippen LogP contribution is 2.14. The molecule has 164 valence electrons. The number of nitrogens with one attached hydrogen (secondary N) is 2. The van der Waals surface area contributed by atoms with Crippen LogP contribution in [0.15, 0.2) is 53.5 Å². The lowest BCUT2D eigenvalue weighted by Gasteiger charge is -2.22. The van der Waals surface area contributed by atoms with Crippen LogP contribution in [0.2, 0.25) is 0 Å². The minimum atomic E-state index is -0.208. The van der Waals surface area contributed by atoms with Crippen molar-refractivity contribution in [3.8, 4) is 0 Å². The number of ether oxygens (including phenoxy) is 2. The highest BCUT2D eigenvalue weighted by molar-refractivity contribution is 14.0. The molecule has 30 heavy (non-hydrogen) atoms. The zero-order chi connectivity index (χ0) is 20.3. The lowest BCUT2D eigenvalue weighted by atomic mass is 10.1. The van der Waals surface area contributed by atoms with Gasteiger partial charge in [-0.05, 0) is 48.1 Å². The molecule has 2 N–H and O–H groups in total. The normalized spacial score (nSPS) is 14.8. The van der Waals surface area contributed by atoms with Crippen LogP contribution in [0.1, 0.15) is 29.5 Å². The van der Waals surface area contributed by atoms with Crippen molar-refractivity contribution in [1.82, 2.24) is 10.6 Å². The Balaban J connectivity index is 0.00000320.